The Balaban J connectivity index is 2.30. The van der Waals surface area contributed by atoms with E-state index in [4.69, 9.17) is 10.5 Å². The number of hydrogen-bond donors (Lipinski definition) is 1. The summed E-state index contributed by atoms with van der Waals surface area (Å²) in [6.45, 7) is 5.32. The van der Waals surface area contributed by atoms with Crippen LogP contribution < -0.4 is 15.4 Å². The lowest BCUT2D eigenvalue weighted by molar-refractivity contribution is 0.411. The highest BCUT2D eigenvalue weighted by atomic mass is 16.5. The number of nitrogens with zero attached hydrogens (tertiary/aromatic N) is 3. The van der Waals surface area contributed by atoms with Crippen LogP contribution in [0.5, 0.6) is 5.75 Å². The second-order valence-corrected chi connectivity index (χ2v) is 4.81. The highest BCUT2D eigenvalue weighted by Gasteiger charge is 2.28. The van der Waals surface area contributed by atoms with Crippen LogP contribution in [0.1, 0.15) is 26.7 Å². The molecule has 0 atom stereocenters. The fourth-order valence-electron chi connectivity index (χ4n) is 1.90. The molecule has 0 aromatic carbocycles. The number of methoxy groups -OCH3 is 1. The van der Waals surface area contributed by atoms with Gasteiger partial charge in [0.25, 0.3) is 0 Å². The molecule has 0 saturated heterocycles. The topological polar surface area (TPSA) is 64.3 Å². The van der Waals surface area contributed by atoms with Gasteiger partial charge in [-0.2, -0.15) is 0 Å². The van der Waals surface area contributed by atoms with Gasteiger partial charge in [-0.25, -0.2) is 9.97 Å². The zero-order valence-corrected chi connectivity index (χ0v) is 10.7. The summed E-state index contributed by atoms with van der Waals surface area (Å²) in [5, 5.41) is 0. The summed E-state index contributed by atoms with van der Waals surface area (Å²) in [5.41, 5.74) is 5.81. The van der Waals surface area contributed by atoms with E-state index in [1.165, 1.54) is 19.2 Å². The van der Waals surface area contributed by atoms with Gasteiger partial charge in [0.15, 0.2) is 11.6 Å². The minimum Gasteiger partial charge on any atom is -0.490 e. The summed E-state index contributed by atoms with van der Waals surface area (Å²) in [6, 6.07) is 0.374. The third-order valence-electron chi connectivity index (χ3n) is 3.06. The van der Waals surface area contributed by atoms with Crippen molar-refractivity contribution < 1.29 is 4.74 Å². The minimum absolute atomic E-state index is 0.374. The number of aromatic nitrogens is 2. The maximum absolute atomic E-state index is 5.81. The molecule has 1 fully saturated rings. The summed E-state index contributed by atoms with van der Waals surface area (Å²) in [7, 11) is 1.61. The maximum Gasteiger partial charge on any atom is 0.204 e. The number of hydrogen-bond acceptors (Lipinski definition) is 5. The van der Waals surface area contributed by atoms with E-state index in [1.54, 1.807) is 7.11 Å². The average molecular weight is 236 g/mol. The fourth-order valence-corrected chi connectivity index (χ4v) is 1.90. The van der Waals surface area contributed by atoms with E-state index in [9.17, 15) is 0 Å². The largest absolute Gasteiger partial charge is 0.490 e. The number of nitrogen functional groups attached to an aromatic ring is 1. The molecule has 0 spiro atoms. The molecular formula is C12H20N4O. The highest BCUT2D eigenvalue weighted by Crippen LogP contribution is 2.36. The fraction of sp³-hybridized carbons (Fsp3) is 0.667. The Morgan fingerprint density at radius 3 is 2.71 bits per heavy atom. The van der Waals surface area contributed by atoms with Gasteiger partial charge in [0, 0.05) is 12.6 Å². The lowest BCUT2D eigenvalue weighted by atomic mass is 10.2. The standard InChI is InChI=1S/C12H20N4O/c1-8(2)16(6-9-4-5-9)12-10(17-3)11(13)14-7-15-12/h7-9H,4-6H2,1-3H3,(H2,13,14,15). The number of ether oxygens (including phenoxy) is 1. The Kier molecular flexibility index (Phi) is 3.36. The third-order valence-corrected chi connectivity index (χ3v) is 3.06. The van der Waals surface area contributed by atoms with Crippen molar-refractivity contribution in [2.45, 2.75) is 32.7 Å². The number of anilines is 2. The zero-order chi connectivity index (χ0) is 12.4. The van der Waals surface area contributed by atoms with Crippen LogP contribution in [-0.4, -0.2) is 29.7 Å². The molecule has 5 nitrogen and oxygen atoms in total. The molecule has 0 aliphatic heterocycles. The van der Waals surface area contributed by atoms with E-state index < -0.39 is 0 Å². The van der Waals surface area contributed by atoms with Gasteiger partial charge < -0.3 is 15.4 Å². The summed E-state index contributed by atoms with van der Waals surface area (Å²) in [6.07, 6.45) is 4.12. The quantitative estimate of drug-likeness (QED) is 0.842. The number of rotatable bonds is 5. The van der Waals surface area contributed by atoms with Gasteiger partial charge >= 0.3 is 0 Å². The molecule has 5 heteroatoms. The predicted octanol–water partition coefficient (Wildman–Crippen LogP) is 1.69. The van der Waals surface area contributed by atoms with Gasteiger partial charge in [-0.1, -0.05) is 0 Å². The molecule has 1 aliphatic carbocycles. The van der Waals surface area contributed by atoms with Gasteiger partial charge in [-0.05, 0) is 32.6 Å². The average Bonchev–Trinajstić information content (AvgIpc) is 3.09. The van der Waals surface area contributed by atoms with E-state index in [-0.39, 0.29) is 0 Å². The summed E-state index contributed by atoms with van der Waals surface area (Å²) in [4.78, 5) is 10.5. The van der Waals surface area contributed by atoms with Crippen LogP contribution >= 0.6 is 0 Å². The van der Waals surface area contributed by atoms with E-state index in [0.717, 1.165) is 18.3 Å². The molecule has 1 aliphatic rings. The molecular weight excluding hydrogens is 216 g/mol. The maximum atomic E-state index is 5.81. The Labute approximate surface area is 102 Å². The summed E-state index contributed by atoms with van der Waals surface area (Å²) >= 11 is 0. The molecule has 0 amide bonds. The summed E-state index contributed by atoms with van der Waals surface area (Å²) < 4.78 is 5.32. The molecule has 17 heavy (non-hydrogen) atoms. The Morgan fingerprint density at radius 1 is 1.47 bits per heavy atom. The van der Waals surface area contributed by atoms with Crippen molar-refractivity contribution in [1.82, 2.24) is 9.97 Å². The van der Waals surface area contributed by atoms with Crippen molar-refractivity contribution >= 4 is 11.6 Å². The van der Waals surface area contributed by atoms with E-state index in [2.05, 4.69) is 28.7 Å². The van der Waals surface area contributed by atoms with Gasteiger partial charge in [-0.15, -0.1) is 0 Å². The van der Waals surface area contributed by atoms with Gasteiger partial charge in [0.05, 0.1) is 7.11 Å². The van der Waals surface area contributed by atoms with Gasteiger partial charge in [0.1, 0.15) is 6.33 Å². The first-order chi connectivity index (χ1) is 8.13. The molecule has 1 aromatic rings. The molecule has 2 N–H and O–H groups in total. The smallest absolute Gasteiger partial charge is 0.204 e. The Morgan fingerprint density at radius 2 is 2.18 bits per heavy atom. The molecule has 0 bridgehead atoms. The van der Waals surface area contributed by atoms with Crippen molar-refractivity contribution in [1.29, 1.82) is 0 Å². The van der Waals surface area contributed by atoms with Crippen LogP contribution in [0.4, 0.5) is 11.6 Å². The first kappa shape index (κ1) is 12.0. The van der Waals surface area contributed by atoms with Crippen molar-refractivity contribution in [3.8, 4) is 5.75 Å². The highest BCUT2D eigenvalue weighted by molar-refractivity contribution is 5.63. The normalized spacial score (nSPS) is 15.1. The van der Waals surface area contributed by atoms with Crippen LogP contribution in [-0.2, 0) is 0 Å². The van der Waals surface area contributed by atoms with E-state index in [0.29, 0.717) is 17.6 Å². The third kappa shape index (κ3) is 2.60. The van der Waals surface area contributed by atoms with Crippen LogP contribution in [0.3, 0.4) is 0 Å². The molecule has 1 heterocycles. The van der Waals surface area contributed by atoms with Crippen molar-refractivity contribution in [2.24, 2.45) is 5.92 Å². The minimum atomic E-state index is 0.374. The predicted molar refractivity (Wildman–Crippen MR) is 68.2 cm³/mol. The van der Waals surface area contributed by atoms with Crippen molar-refractivity contribution in [2.75, 3.05) is 24.3 Å². The van der Waals surface area contributed by atoms with Gasteiger partial charge in [-0.3, -0.25) is 0 Å². The van der Waals surface area contributed by atoms with Crippen LogP contribution in [0.2, 0.25) is 0 Å². The molecule has 2 rings (SSSR count). The Hall–Kier alpha value is -1.52. The first-order valence-corrected chi connectivity index (χ1v) is 6.04. The molecule has 1 saturated carbocycles. The Bertz CT molecular complexity index is 390. The molecule has 94 valence electrons. The molecule has 0 unspecified atom stereocenters. The zero-order valence-electron chi connectivity index (χ0n) is 10.7. The SMILES string of the molecule is COc1c(N)ncnc1N(CC1CC1)C(C)C. The molecule has 0 radical (unpaired) electrons. The number of nitrogens with two attached hydrogens (primary N) is 1. The van der Waals surface area contributed by atoms with Crippen LogP contribution in [0.25, 0.3) is 0 Å². The first-order valence-electron chi connectivity index (χ1n) is 6.04. The van der Waals surface area contributed by atoms with E-state index >= 15 is 0 Å². The molecule has 1 aromatic heterocycles. The van der Waals surface area contributed by atoms with Crippen LogP contribution in [0.15, 0.2) is 6.33 Å². The van der Waals surface area contributed by atoms with Crippen molar-refractivity contribution in [3.63, 3.8) is 0 Å². The monoisotopic (exact) mass is 236 g/mol. The lowest BCUT2D eigenvalue weighted by Gasteiger charge is -2.29. The second kappa shape index (κ2) is 4.77. The van der Waals surface area contributed by atoms with Crippen molar-refractivity contribution in [3.05, 3.63) is 6.33 Å². The van der Waals surface area contributed by atoms with E-state index in [1.807, 2.05) is 0 Å². The van der Waals surface area contributed by atoms with Gasteiger partial charge in [0.2, 0.25) is 5.75 Å². The second-order valence-electron chi connectivity index (χ2n) is 4.81. The lowest BCUT2D eigenvalue weighted by Crippen LogP contribution is -2.34. The van der Waals surface area contributed by atoms with Crippen LogP contribution in [0, 0.1) is 5.92 Å². The summed E-state index contributed by atoms with van der Waals surface area (Å²) in [5.74, 6) is 2.58.